The highest BCUT2D eigenvalue weighted by molar-refractivity contribution is 5.57. The van der Waals surface area contributed by atoms with Crippen LogP contribution in [0, 0.1) is 5.82 Å². The molecule has 6 nitrogen and oxygen atoms in total. The molecule has 0 amide bonds. The van der Waals surface area contributed by atoms with Gasteiger partial charge in [0.2, 0.25) is 0 Å². The van der Waals surface area contributed by atoms with Crippen LogP contribution in [0.15, 0.2) is 60.8 Å². The first-order valence-electron chi connectivity index (χ1n) is 10.7. The van der Waals surface area contributed by atoms with Gasteiger partial charge in [-0.1, -0.05) is 24.3 Å². The SMILES string of the molecule is COc1ccc(CN2CCN(c3c(F)cccc3C(O)c3ccccn3)CC2)cc1OC. The van der Waals surface area contributed by atoms with E-state index in [4.69, 9.17) is 9.47 Å². The summed E-state index contributed by atoms with van der Waals surface area (Å²) < 4.78 is 25.6. The van der Waals surface area contributed by atoms with Crippen LogP contribution in [0.4, 0.5) is 10.1 Å². The number of benzene rings is 2. The van der Waals surface area contributed by atoms with Crippen LogP contribution in [0.1, 0.15) is 22.9 Å². The van der Waals surface area contributed by atoms with Gasteiger partial charge < -0.3 is 19.5 Å². The van der Waals surface area contributed by atoms with Crippen LogP contribution in [-0.2, 0) is 6.54 Å². The summed E-state index contributed by atoms with van der Waals surface area (Å²) in [4.78, 5) is 8.58. The Kier molecular flexibility index (Phi) is 6.87. The van der Waals surface area contributed by atoms with Crippen molar-refractivity contribution < 1.29 is 19.0 Å². The summed E-state index contributed by atoms with van der Waals surface area (Å²) in [6.45, 7) is 3.66. The molecule has 1 atom stereocenters. The molecule has 0 radical (unpaired) electrons. The minimum Gasteiger partial charge on any atom is -0.493 e. The maximum absolute atomic E-state index is 14.9. The molecular formula is C25H28FN3O3. The van der Waals surface area contributed by atoms with Gasteiger partial charge in [-0.25, -0.2) is 4.39 Å². The third kappa shape index (κ3) is 4.69. The van der Waals surface area contributed by atoms with Crippen LogP contribution in [0.2, 0.25) is 0 Å². The van der Waals surface area contributed by atoms with Gasteiger partial charge in [-0.2, -0.15) is 0 Å². The number of aliphatic hydroxyl groups excluding tert-OH is 1. The largest absolute Gasteiger partial charge is 0.493 e. The number of nitrogens with zero attached hydrogens (tertiary/aromatic N) is 3. The van der Waals surface area contributed by atoms with E-state index in [0.717, 1.165) is 25.2 Å². The highest BCUT2D eigenvalue weighted by Crippen LogP contribution is 2.33. The van der Waals surface area contributed by atoms with E-state index < -0.39 is 6.10 Å². The lowest BCUT2D eigenvalue weighted by atomic mass is 10.0. The quantitative estimate of drug-likeness (QED) is 0.609. The molecule has 1 saturated heterocycles. The molecule has 0 spiro atoms. The Bertz CT molecular complexity index is 1040. The smallest absolute Gasteiger partial charge is 0.161 e. The molecule has 1 N–H and O–H groups in total. The second-order valence-corrected chi connectivity index (χ2v) is 7.79. The van der Waals surface area contributed by atoms with Gasteiger partial charge in [0.25, 0.3) is 0 Å². The van der Waals surface area contributed by atoms with Gasteiger partial charge in [0.05, 0.1) is 25.6 Å². The van der Waals surface area contributed by atoms with E-state index in [0.29, 0.717) is 41.5 Å². The lowest BCUT2D eigenvalue weighted by Gasteiger charge is -2.37. The summed E-state index contributed by atoms with van der Waals surface area (Å²) in [5, 5.41) is 10.9. The predicted octanol–water partition coefficient (Wildman–Crippen LogP) is 3.64. The van der Waals surface area contributed by atoms with Gasteiger partial charge in [0, 0.05) is 44.5 Å². The summed E-state index contributed by atoms with van der Waals surface area (Å²) in [6.07, 6.45) is 0.650. The molecule has 0 aliphatic carbocycles. The number of hydrogen-bond acceptors (Lipinski definition) is 6. The molecule has 32 heavy (non-hydrogen) atoms. The number of aromatic nitrogens is 1. The Labute approximate surface area is 187 Å². The minimum absolute atomic E-state index is 0.328. The summed E-state index contributed by atoms with van der Waals surface area (Å²) in [6, 6.07) is 16.1. The van der Waals surface area contributed by atoms with Crippen molar-refractivity contribution in [3.8, 4) is 11.5 Å². The Hall–Kier alpha value is -3.16. The van der Waals surface area contributed by atoms with Gasteiger partial charge in [-0.05, 0) is 35.9 Å². The van der Waals surface area contributed by atoms with Crippen LogP contribution in [0.3, 0.4) is 0 Å². The van der Waals surface area contributed by atoms with Gasteiger partial charge in [-0.15, -0.1) is 0 Å². The molecular weight excluding hydrogens is 409 g/mol. The molecule has 2 aromatic carbocycles. The predicted molar refractivity (Wildman–Crippen MR) is 122 cm³/mol. The Morgan fingerprint density at radius 2 is 1.75 bits per heavy atom. The van der Waals surface area contributed by atoms with Gasteiger partial charge >= 0.3 is 0 Å². The summed E-state index contributed by atoms with van der Waals surface area (Å²) in [7, 11) is 3.25. The fourth-order valence-corrected chi connectivity index (χ4v) is 4.15. The van der Waals surface area contributed by atoms with Crippen LogP contribution >= 0.6 is 0 Å². The number of hydrogen-bond donors (Lipinski definition) is 1. The molecule has 168 valence electrons. The van der Waals surface area contributed by atoms with Crippen molar-refractivity contribution in [1.82, 2.24) is 9.88 Å². The molecule has 2 heterocycles. The number of halogens is 1. The molecule has 0 bridgehead atoms. The van der Waals surface area contributed by atoms with Gasteiger partial charge in [0.1, 0.15) is 11.9 Å². The zero-order valence-corrected chi connectivity index (χ0v) is 18.4. The van der Waals surface area contributed by atoms with Crippen molar-refractivity contribution in [3.63, 3.8) is 0 Å². The first-order chi connectivity index (χ1) is 15.6. The maximum Gasteiger partial charge on any atom is 0.161 e. The van der Waals surface area contributed by atoms with Crippen molar-refractivity contribution in [2.75, 3.05) is 45.3 Å². The normalized spacial score (nSPS) is 15.4. The zero-order chi connectivity index (χ0) is 22.5. The number of rotatable bonds is 7. The number of para-hydroxylation sites is 1. The van der Waals surface area contributed by atoms with E-state index in [9.17, 15) is 9.50 Å². The minimum atomic E-state index is -0.980. The first kappa shape index (κ1) is 22.0. The third-order valence-electron chi connectivity index (χ3n) is 5.82. The highest BCUT2D eigenvalue weighted by Gasteiger charge is 2.25. The average Bonchev–Trinajstić information content (AvgIpc) is 2.84. The van der Waals surface area contributed by atoms with Crippen molar-refractivity contribution in [3.05, 3.63) is 83.4 Å². The standard InChI is InChI=1S/C25H28FN3O3/c1-31-22-10-9-18(16-23(22)32-2)17-28-12-14-29(15-13-28)24-19(6-5-7-20(24)26)25(30)21-8-3-4-11-27-21/h3-11,16,25,30H,12-15,17H2,1-2H3. The number of piperazine rings is 1. The lowest BCUT2D eigenvalue weighted by molar-refractivity contribution is 0.213. The average molecular weight is 438 g/mol. The lowest BCUT2D eigenvalue weighted by Crippen LogP contribution is -2.46. The van der Waals surface area contributed by atoms with Crippen molar-refractivity contribution >= 4 is 5.69 Å². The molecule has 3 aromatic rings. The molecule has 1 aliphatic heterocycles. The fraction of sp³-hybridized carbons (Fsp3) is 0.320. The van der Waals surface area contributed by atoms with Crippen LogP contribution in [0.5, 0.6) is 11.5 Å². The van der Waals surface area contributed by atoms with Crippen molar-refractivity contribution in [2.24, 2.45) is 0 Å². The molecule has 4 rings (SSSR count). The zero-order valence-electron chi connectivity index (χ0n) is 18.4. The molecule has 0 saturated carbocycles. The molecule has 1 aromatic heterocycles. The molecule has 1 fully saturated rings. The Morgan fingerprint density at radius 1 is 0.969 bits per heavy atom. The van der Waals surface area contributed by atoms with Crippen LogP contribution in [-0.4, -0.2) is 55.4 Å². The molecule has 1 unspecified atom stereocenters. The molecule has 7 heteroatoms. The number of ether oxygens (including phenoxy) is 2. The fourth-order valence-electron chi connectivity index (χ4n) is 4.15. The summed E-state index contributed by atoms with van der Waals surface area (Å²) >= 11 is 0. The summed E-state index contributed by atoms with van der Waals surface area (Å²) in [5.74, 6) is 1.09. The molecule has 1 aliphatic rings. The van der Waals surface area contributed by atoms with Gasteiger partial charge in [-0.3, -0.25) is 9.88 Å². The number of methoxy groups -OCH3 is 2. The Morgan fingerprint density at radius 3 is 2.44 bits per heavy atom. The van der Waals surface area contributed by atoms with E-state index in [1.54, 1.807) is 44.7 Å². The highest BCUT2D eigenvalue weighted by atomic mass is 19.1. The van der Waals surface area contributed by atoms with E-state index in [-0.39, 0.29) is 5.82 Å². The number of aliphatic hydroxyl groups is 1. The second-order valence-electron chi connectivity index (χ2n) is 7.79. The van der Waals surface area contributed by atoms with Crippen molar-refractivity contribution in [2.45, 2.75) is 12.6 Å². The monoisotopic (exact) mass is 437 g/mol. The van der Waals surface area contributed by atoms with Crippen LogP contribution < -0.4 is 14.4 Å². The topological polar surface area (TPSA) is 58.1 Å². The maximum atomic E-state index is 14.9. The second kappa shape index (κ2) is 9.97. The number of anilines is 1. The van der Waals surface area contributed by atoms with E-state index in [1.165, 1.54) is 6.07 Å². The third-order valence-corrected chi connectivity index (χ3v) is 5.82. The number of pyridine rings is 1. The van der Waals surface area contributed by atoms with E-state index in [2.05, 4.69) is 9.88 Å². The van der Waals surface area contributed by atoms with Crippen molar-refractivity contribution in [1.29, 1.82) is 0 Å². The van der Waals surface area contributed by atoms with E-state index >= 15 is 0 Å². The van der Waals surface area contributed by atoms with Gasteiger partial charge in [0.15, 0.2) is 11.5 Å². The first-order valence-corrected chi connectivity index (χ1v) is 10.7. The summed E-state index contributed by atoms with van der Waals surface area (Å²) in [5.41, 5.74) is 2.63. The van der Waals surface area contributed by atoms with E-state index in [1.807, 2.05) is 29.2 Å². The Balaban J connectivity index is 1.47. The van der Waals surface area contributed by atoms with Crippen LogP contribution in [0.25, 0.3) is 0 Å².